The van der Waals surface area contributed by atoms with Crippen LogP contribution in [-0.2, 0) is 11.3 Å². The number of hydrogen-bond donors (Lipinski definition) is 1. The Hall–Kier alpha value is -1.46. The molecule has 0 spiro atoms. The zero-order valence-electron chi connectivity index (χ0n) is 10.9. The summed E-state index contributed by atoms with van der Waals surface area (Å²) in [6.07, 6.45) is 1.21. The van der Waals surface area contributed by atoms with Gasteiger partial charge in [0.05, 0.1) is 18.8 Å². The Morgan fingerprint density at radius 2 is 2.16 bits per heavy atom. The number of nitrogens with zero attached hydrogens (tertiary/aromatic N) is 1. The van der Waals surface area contributed by atoms with Crippen molar-refractivity contribution in [3.8, 4) is 0 Å². The number of carbonyl (C=O) groups is 1. The van der Waals surface area contributed by atoms with E-state index in [0.29, 0.717) is 12.1 Å². The molecule has 1 aromatic rings. The summed E-state index contributed by atoms with van der Waals surface area (Å²) < 4.78 is 18.4. The Bertz CT molecular complexity index is 456. The second-order valence-electron chi connectivity index (χ2n) is 4.81. The van der Waals surface area contributed by atoms with Crippen molar-refractivity contribution in [2.45, 2.75) is 25.5 Å². The van der Waals surface area contributed by atoms with Crippen molar-refractivity contribution in [1.82, 2.24) is 4.90 Å². The lowest BCUT2D eigenvalue weighted by Crippen LogP contribution is -2.35. The molecule has 0 aliphatic carbocycles. The first kappa shape index (κ1) is 14.0. The van der Waals surface area contributed by atoms with E-state index in [1.807, 2.05) is 0 Å². The summed E-state index contributed by atoms with van der Waals surface area (Å²) in [5.41, 5.74) is 0.779. The van der Waals surface area contributed by atoms with E-state index >= 15 is 0 Å². The van der Waals surface area contributed by atoms with Gasteiger partial charge in [-0.15, -0.1) is 0 Å². The second kappa shape index (κ2) is 6.12. The van der Waals surface area contributed by atoms with Crippen LogP contribution in [0.15, 0.2) is 18.2 Å². The van der Waals surface area contributed by atoms with Crippen LogP contribution in [0.3, 0.4) is 0 Å². The van der Waals surface area contributed by atoms with Gasteiger partial charge in [0.1, 0.15) is 5.82 Å². The number of aliphatic hydroxyl groups is 1. The van der Waals surface area contributed by atoms with E-state index in [2.05, 4.69) is 9.64 Å². The smallest absolute Gasteiger partial charge is 0.337 e. The molecule has 0 bridgehead atoms. The minimum absolute atomic E-state index is 0.220. The molecule has 104 valence electrons. The number of aliphatic hydroxyl groups excluding tert-OH is 1. The van der Waals surface area contributed by atoms with Crippen LogP contribution in [0.4, 0.5) is 4.39 Å². The number of methoxy groups -OCH3 is 1. The second-order valence-corrected chi connectivity index (χ2v) is 4.81. The molecule has 0 amide bonds. The van der Waals surface area contributed by atoms with Crippen LogP contribution >= 0.6 is 0 Å². The summed E-state index contributed by atoms with van der Waals surface area (Å²) in [5.74, 6) is -0.930. The molecular weight excluding hydrogens is 249 g/mol. The van der Waals surface area contributed by atoms with Crippen molar-refractivity contribution in [2.75, 3.05) is 20.2 Å². The Morgan fingerprint density at radius 1 is 1.47 bits per heavy atom. The minimum Gasteiger partial charge on any atom is -0.465 e. The van der Waals surface area contributed by atoms with Gasteiger partial charge >= 0.3 is 5.97 Å². The van der Waals surface area contributed by atoms with Gasteiger partial charge in [-0.05, 0) is 25.0 Å². The maximum Gasteiger partial charge on any atom is 0.337 e. The number of halogens is 1. The Morgan fingerprint density at radius 3 is 2.74 bits per heavy atom. The Labute approximate surface area is 111 Å². The molecule has 0 radical (unpaired) electrons. The standard InChI is InChI=1S/C14H18FNO3/c1-19-14(18)10-2-3-11(13(15)8-10)9-16-6-4-12(17)5-7-16/h2-3,8,12,17H,4-7,9H2,1H3. The van der Waals surface area contributed by atoms with Gasteiger partial charge < -0.3 is 9.84 Å². The lowest BCUT2D eigenvalue weighted by atomic mass is 10.1. The molecule has 4 nitrogen and oxygen atoms in total. The maximum absolute atomic E-state index is 13.9. The highest BCUT2D eigenvalue weighted by atomic mass is 19.1. The van der Waals surface area contributed by atoms with Crippen molar-refractivity contribution in [3.63, 3.8) is 0 Å². The Kier molecular flexibility index (Phi) is 4.50. The molecule has 0 unspecified atom stereocenters. The van der Waals surface area contributed by atoms with Crippen LogP contribution in [0.5, 0.6) is 0 Å². The number of benzene rings is 1. The molecule has 0 saturated carbocycles. The van der Waals surface area contributed by atoms with Gasteiger partial charge in [0.2, 0.25) is 0 Å². The third-order valence-corrected chi connectivity index (χ3v) is 3.43. The van der Waals surface area contributed by atoms with Gasteiger partial charge in [-0.2, -0.15) is 0 Å². The van der Waals surface area contributed by atoms with Gasteiger partial charge in [0.25, 0.3) is 0 Å². The zero-order chi connectivity index (χ0) is 13.8. The monoisotopic (exact) mass is 267 g/mol. The van der Waals surface area contributed by atoms with E-state index in [4.69, 9.17) is 0 Å². The van der Waals surface area contributed by atoms with Crippen LogP contribution in [0.2, 0.25) is 0 Å². The first-order chi connectivity index (χ1) is 9.10. The number of rotatable bonds is 3. The largest absolute Gasteiger partial charge is 0.465 e. The molecule has 1 saturated heterocycles. The Balaban J connectivity index is 2.03. The van der Waals surface area contributed by atoms with Crippen molar-refractivity contribution >= 4 is 5.97 Å². The molecular formula is C14H18FNO3. The van der Waals surface area contributed by atoms with Crippen molar-refractivity contribution in [2.24, 2.45) is 0 Å². The zero-order valence-corrected chi connectivity index (χ0v) is 10.9. The van der Waals surface area contributed by atoms with Crippen LogP contribution in [0.25, 0.3) is 0 Å². The highest BCUT2D eigenvalue weighted by molar-refractivity contribution is 5.89. The SMILES string of the molecule is COC(=O)c1ccc(CN2CCC(O)CC2)c(F)c1. The van der Waals surface area contributed by atoms with Gasteiger partial charge in [0, 0.05) is 25.2 Å². The average Bonchev–Trinajstić information content (AvgIpc) is 2.42. The summed E-state index contributed by atoms with van der Waals surface area (Å²) in [6.45, 7) is 2.03. The number of likely N-dealkylation sites (tertiary alicyclic amines) is 1. The molecule has 1 aliphatic rings. The lowest BCUT2D eigenvalue weighted by Gasteiger charge is -2.29. The molecule has 19 heavy (non-hydrogen) atoms. The summed E-state index contributed by atoms with van der Waals surface area (Å²) >= 11 is 0. The van der Waals surface area contributed by atoms with E-state index in [0.717, 1.165) is 25.9 Å². The number of esters is 1. The van der Waals surface area contributed by atoms with Gasteiger partial charge in [0.15, 0.2) is 0 Å². The molecule has 0 aromatic heterocycles. The van der Waals surface area contributed by atoms with Crippen molar-refractivity contribution in [3.05, 3.63) is 35.1 Å². The highest BCUT2D eigenvalue weighted by Gasteiger charge is 2.18. The first-order valence-electron chi connectivity index (χ1n) is 6.37. The van der Waals surface area contributed by atoms with Crippen LogP contribution in [0, 0.1) is 5.82 Å². The number of piperidine rings is 1. The number of hydrogen-bond acceptors (Lipinski definition) is 4. The molecule has 1 heterocycles. The fourth-order valence-corrected chi connectivity index (χ4v) is 2.24. The van der Waals surface area contributed by atoms with E-state index in [1.165, 1.54) is 13.2 Å². The highest BCUT2D eigenvalue weighted by Crippen LogP contribution is 2.17. The topological polar surface area (TPSA) is 49.8 Å². The van der Waals surface area contributed by atoms with Crippen molar-refractivity contribution < 1.29 is 19.0 Å². The van der Waals surface area contributed by atoms with Crippen LogP contribution < -0.4 is 0 Å². The maximum atomic E-state index is 13.9. The van der Waals surface area contributed by atoms with E-state index in [-0.39, 0.29) is 11.7 Å². The third kappa shape index (κ3) is 3.52. The third-order valence-electron chi connectivity index (χ3n) is 3.43. The minimum atomic E-state index is -0.536. The molecule has 1 N–H and O–H groups in total. The molecule has 5 heteroatoms. The van der Waals surface area contributed by atoms with E-state index < -0.39 is 11.8 Å². The quantitative estimate of drug-likeness (QED) is 0.845. The summed E-state index contributed by atoms with van der Waals surface area (Å²) in [7, 11) is 1.27. The van der Waals surface area contributed by atoms with Crippen molar-refractivity contribution in [1.29, 1.82) is 0 Å². The lowest BCUT2D eigenvalue weighted by molar-refractivity contribution is 0.0599. The summed E-state index contributed by atoms with van der Waals surface area (Å²) in [6, 6.07) is 4.40. The first-order valence-corrected chi connectivity index (χ1v) is 6.37. The molecule has 1 aliphatic heterocycles. The predicted molar refractivity (Wildman–Crippen MR) is 68.3 cm³/mol. The van der Waals surface area contributed by atoms with Crippen LogP contribution in [-0.4, -0.2) is 42.3 Å². The van der Waals surface area contributed by atoms with E-state index in [1.54, 1.807) is 12.1 Å². The normalized spacial score (nSPS) is 17.4. The predicted octanol–water partition coefficient (Wildman–Crippen LogP) is 1.57. The summed E-state index contributed by atoms with van der Waals surface area (Å²) in [4.78, 5) is 13.4. The van der Waals surface area contributed by atoms with Crippen LogP contribution in [0.1, 0.15) is 28.8 Å². The molecule has 1 fully saturated rings. The summed E-state index contributed by atoms with van der Waals surface area (Å²) in [5, 5.41) is 9.42. The molecule has 0 atom stereocenters. The fourth-order valence-electron chi connectivity index (χ4n) is 2.24. The fraction of sp³-hybridized carbons (Fsp3) is 0.500. The average molecular weight is 267 g/mol. The number of ether oxygens (including phenoxy) is 1. The number of carbonyl (C=O) groups excluding carboxylic acids is 1. The molecule has 2 rings (SSSR count). The molecule has 1 aromatic carbocycles. The van der Waals surface area contributed by atoms with Gasteiger partial charge in [-0.1, -0.05) is 6.07 Å². The van der Waals surface area contributed by atoms with Gasteiger partial charge in [-0.3, -0.25) is 4.90 Å². The van der Waals surface area contributed by atoms with Gasteiger partial charge in [-0.25, -0.2) is 9.18 Å². The van der Waals surface area contributed by atoms with E-state index in [9.17, 15) is 14.3 Å².